The molecule has 2 rings (SSSR count). The van der Waals surface area contributed by atoms with E-state index in [0.29, 0.717) is 18.0 Å². The lowest BCUT2D eigenvalue weighted by Gasteiger charge is -2.30. The van der Waals surface area contributed by atoms with E-state index >= 15 is 0 Å². The molecule has 2 amide bonds. The van der Waals surface area contributed by atoms with E-state index in [4.69, 9.17) is 16.3 Å². The Morgan fingerprint density at radius 1 is 1.17 bits per heavy atom. The second-order valence-corrected chi connectivity index (χ2v) is 11.0. The second kappa shape index (κ2) is 13.5. The first-order valence-corrected chi connectivity index (χ1v) is 14.1. The molecule has 1 atom stereocenters. The van der Waals surface area contributed by atoms with E-state index in [-0.39, 0.29) is 42.8 Å². The zero-order valence-electron chi connectivity index (χ0n) is 21.6. The van der Waals surface area contributed by atoms with E-state index in [9.17, 15) is 18.0 Å². The topological polar surface area (TPSA) is 96.0 Å². The van der Waals surface area contributed by atoms with E-state index in [1.807, 2.05) is 38.1 Å². The normalized spacial score (nSPS) is 12.1. The molecule has 1 N–H and O–H groups in total. The Balaban J connectivity index is 2.19. The minimum atomic E-state index is -3.62. The smallest absolute Gasteiger partial charge is 0.242 e. The maximum absolute atomic E-state index is 13.3. The Hall–Kier alpha value is -2.78. The number of ether oxygens (including phenoxy) is 1. The fourth-order valence-corrected chi connectivity index (χ4v) is 4.97. The molecule has 0 bridgehead atoms. The van der Waals surface area contributed by atoms with Gasteiger partial charge in [-0.2, -0.15) is 0 Å². The Bertz CT molecular complexity index is 1160. The van der Waals surface area contributed by atoms with Gasteiger partial charge in [-0.25, -0.2) is 8.42 Å². The van der Waals surface area contributed by atoms with Crippen LogP contribution in [0, 0.1) is 6.92 Å². The summed E-state index contributed by atoms with van der Waals surface area (Å²) < 4.78 is 31.3. The molecule has 0 aliphatic heterocycles. The van der Waals surface area contributed by atoms with Gasteiger partial charge in [0.15, 0.2) is 0 Å². The van der Waals surface area contributed by atoms with Crippen molar-refractivity contribution in [3.63, 3.8) is 0 Å². The zero-order chi connectivity index (χ0) is 26.9. The lowest BCUT2D eigenvalue weighted by Crippen LogP contribution is -2.48. The van der Waals surface area contributed by atoms with Crippen LogP contribution in [-0.4, -0.2) is 57.6 Å². The van der Waals surface area contributed by atoms with Crippen LogP contribution in [0.5, 0.6) is 5.75 Å². The van der Waals surface area contributed by atoms with Gasteiger partial charge in [-0.15, -0.1) is 0 Å². The van der Waals surface area contributed by atoms with E-state index in [1.165, 1.54) is 17.5 Å². The molecule has 0 unspecified atom stereocenters. The fourth-order valence-electron chi connectivity index (χ4n) is 3.76. The molecule has 0 aliphatic carbocycles. The largest absolute Gasteiger partial charge is 0.495 e. The van der Waals surface area contributed by atoms with Crippen molar-refractivity contribution >= 4 is 39.1 Å². The van der Waals surface area contributed by atoms with Gasteiger partial charge in [-0.3, -0.25) is 13.9 Å². The van der Waals surface area contributed by atoms with Gasteiger partial charge in [0, 0.05) is 26.1 Å². The minimum absolute atomic E-state index is 0.0766. The van der Waals surface area contributed by atoms with Crippen molar-refractivity contribution in [3.05, 3.63) is 58.6 Å². The van der Waals surface area contributed by atoms with Crippen molar-refractivity contribution in [1.82, 2.24) is 10.2 Å². The van der Waals surface area contributed by atoms with Crippen LogP contribution in [0.4, 0.5) is 5.69 Å². The van der Waals surface area contributed by atoms with Gasteiger partial charge in [-0.05, 0) is 56.0 Å². The van der Waals surface area contributed by atoms with E-state index in [1.54, 1.807) is 24.0 Å². The number of carbonyl (C=O) groups excluding carboxylic acids is 2. The van der Waals surface area contributed by atoms with Crippen LogP contribution in [0.15, 0.2) is 42.5 Å². The molecule has 0 fully saturated rings. The zero-order valence-corrected chi connectivity index (χ0v) is 23.2. The van der Waals surface area contributed by atoms with Gasteiger partial charge < -0.3 is 15.0 Å². The van der Waals surface area contributed by atoms with Gasteiger partial charge in [0.2, 0.25) is 21.8 Å². The molecule has 8 nitrogen and oxygen atoms in total. The highest BCUT2D eigenvalue weighted by molar-refractivity contribution is 7.92. The molecule has 0 spiro atoms. The van der Waals surface area contributed by atoms with Crippen LogP contribution < -0.4 is 14.4 Å². The Morgan fingerprint density at radius 3 is 2.44 bits per heavy atom. The van der Waals surface area contributed by atoms with E-state index in [2.05, 4.69) is 5.32 Å². The summed E-state index contributed by atoms with van der Waals surface area (Å²) in [5, 5.41) is 3.14. The average molecular weight is 538 g/mol. The highest BCUT2D eigenvalue weighted by Gasteiger charge is 2.27. The first kappa shape index (κ1) is 29.5. The molecule has 0 radical (unpaired) electrons. The van der Waals surface area contributed by atoms with Crippen LogP contribution in [-0.2, 0) is 26.2 Å². The molecule has 2 aromatic rings. The predicted molar refractivity (Wildman–Crippen MR) is 144 cm³/mol. The number of hydrogen-bond donors (Lipinski definition) is 1. The molecule has 0 aliphatic rings. The van der Waals surface area contributed by atoms with Crippen molar-refractivity contribution in [2.45, 2.75) is 52.6 Å². The monoisotopic (exact) mass is 537 g/mol. The maximum atomic E-state index is 13.3. The van der Waals surface area contributed by atoms with Crippen LogP contribution in [0.2, 0.25) is 5.02 Å². The number of hydrogen-bond acceptors (Lipinski definition) is 5. The highest BCUT2D eigenvalue weighted by atomic mass is 35.5. The quantitative estimate of drug-likeness (QED) is 0.414. The number of anilines is 1. The van der Waals surface area contributed by atoms with Gasteiger partial charge in [0.25, 0.3) is 0 Å². The lowest BCUT2D eigenvalue weighted by molar-refractivity contribution is -0.140. The SMILES string of the molecule is CCCNC(=O)[C@H](C)N(Cc1ccccc1C)C(=O)CCCN(c1ccc(OC)c(Cl)c1)S(C)(=O)=O. The second-order valence-electron chi connectivity index (χ2n) is 8.67. The summed E-state index contributed by atoms with van der Waals surface area (Å²) in [5.41, 5.74) is 2.36. The number of nitrogens with zero attached hydrogens (tertiary/aromatic N) is 2. The van der Waals surface area contributed by atoms with Crippen molar-refractivity contribution in [2.24, 2.45) is 0 Å². The number of sulfonamides is 1. The summed E-state index contributed by atoms with van der Waals surface area (Å²) in [6.45, 7) is 6.54. The number of methoxy groups -OCH3 is 1. The Morgan fingerprint density at radius 2 is 1.86 bits per heavy atom. The first-order chi connectivity index (χ1) is 17.0. The molecule has 0 saturated carbocycles. The van der Waals surface area contributed by atoms with Crippen LogP contribution in [0.25, 0.3) is 0 Å². The highest BCUT2D eigenvalue weighted by Crippen LogP contribution is 2.30. The number of aryl methyl sites for hydroxylation is 1. The summed E-state index contributed by atoms with van der Waals surface area (Å²) in [6.07, 6.45) is 2.24. The first-order valence-electron chi connectivity index (χ1n) is 11.9. The third kappa shape index (κ3) is 8.13. The molecular formula is C26H36ClN3O5S. The average Bonchev–Trinajstić information content (AvgIpc) is 2.83. The molecular weight excluding hydrogens is 502 g/mol. The number of benzene rings is 2. The summed E-state index contributed by atoms with van der Waals surface area (Å²) in [5.74, 6) is -0.00531. The van der Waals surface area contributed by atoms with Gasteiger partial charge in [0.05, 0.1) is 24.1 Å². The Kier molecular flexibility index (Phi) is 11.0. The third-order valence-corrected chi connectivity index (χ3v) is 7.38. The molecule has 0 saturated heterocycles. The fraction of sp³-hybridized carbons (Fsp3) is 0.462. The molecule has 198 valence electrons. The molecule has 2 aromatic carbocycles. The Labute approximate surface area is 219 Å². The van der Waals surface area contributed by atoms with Crippen molar-refractivity contribution in [1.29, 1.82) is 0 Å². The van der Waals surface area contributed by atoms with Gasteiger partial charge in [0.1, 0.15) is 11.8 Å². The van der Waals surface area contributed by atoms with Crippen LogP contribution >= 0.6 is 11.6 Å². The number of carbonyl (C=O) groups is 2. The standard InChI is InChI=1S/C26H36ClN3O5S/c1-6-15-28-26(32)20(3)29(18-21-11-8-7-10-19(21)2)25(31)12-9-16-30(36(5,33)34)22-13-14-24(35-4)23(27)17-22/h7-8,10-11,13-14,17,20H,6,9,12,15-16,18H2,1-5H3,(H,28,32)/t20-/m0/s1. The molecule has 0 aromatic heterocycles. The van der Waals surface area contributed by atoms with Crippen molar-refractivity contribution in [3.8, 4) is 5.75 Å². The van der Waals surface area contributed by atoms with Crippen molar-refractivity contribution in [2.75, 3.05) is 30.8 Å². The maximum Gasteiger partial charge on any atom is 0.242 e. The van der Waals surface area contributed by atoms with E-state index < -0.39 is 16.1 Å². The van der Waals surface area contributed by atoms with Gasteiger partial charge in [-0.1, -0.05) is 42.8 Å². The number of amides is 2. The van der Waals surface area contributed by atoms with Crippen molar-refractivity contribution < 1.29 is 22.7 Å². The minimum Gasteiger partial charge on any atom is -0.495 e. The van der Waals surface area contributed by atoms with Crippen LogP contribution in [0.1, 0.15) is 44.2 Å². The third-order valence-electron chi connectivity index (χ3n) is 5.89. The summed E-state index contributed by atoms with van der Waals surface area (Å²) in [7, 11) is -2.14. The number of halogens is 1. The summed E-state index contributed by atoms with van der Waals surface area (Å²) >= 11 is 6.19. The number of rotatable bonds is 13. The molecule has 10 heteroatoms. The van der Waals surface area contributed by atoms with Crippen LogP contribution in [0.3, 0.4) is 0 Å². The number of nitrogens with one attached hydrogen (secondary N) is 1. The lowest BCUT2D eigenvalue weighted by atomic mass is 10.1. The van der Waals surface area contributed by atoms with Gasteiger partial charge >= 0.3 is 0 Å². The molecule has 0 heterocycles. The molecule has 36 heavy (non-hydrogen) atoms. The predicted octanol–water partition coefficient (Wildman–Crippen LogP) is 4.15. The van der Waals surface area contributed by atoms with E-state index in [0.717, 1.165) is 23.8 Å². The summed E-state index contributed by atoms with van der Waals surface area (Å²) in [6, 6.07) is 11.8. The summed E-state index contributed by atoms with van der Waals surface area (Å²) in [4.78, 5) is 27.6.